The van der Waals surface area contributed by atoms with Crippen LogP contribution >= 0.6 is 11.3 Å². The molecule has 0 fully saturated rings. The van der Waals surface area contributed by atoms with E-state index in [1.54, 1.807) is 12.1 Å². The molecule has 1 aromatic heterocycles. The van der Waals surface area contributed by atoms with Crippen molar-refractivity contribution >= 4 is 29.2 Å². The summed E-state index contributed by atoms with van der Waals surface area (Å²) in [6, 6.07) is 17.1. The number of rotatable bonds is 6. The van der Waals surface area contributed by atoms with Gasteiger partial charge >= 0.3 is 0 Å². The van der Waals surface area contributed by atoms with Crippen molar-refractivity contribution in [3.63, 3.8) is 0 Å². The minimum absolute atomic E-state index is 0.195. The molecule has 2 N–H and O–H groups in total. The average molecular weight is 419 g/mol. The highest BCUT2D eigenvalue weighted by Gasteiger charge is 2.19. The lowest BCUT2D eigenvalue weighted by molar-refractivity contribution is -0.118. The number of carbonyl (C=O) groups is 2. The lowest BCUT2D eigenvalue weighted by Crippen LogP contribution is -2.36. The van der Waals surface area contributed by atoms with Gasteiger partial charge in [-0.1, -0.05) is 48.0 Å². The van der Waals surface area contributed by atoms with Crippen LogP contribution in [0.25, 0.3) is 6.08 Å². The third-order valence-electron chi connectivity index (χ3n) is 4.96. The summed E-state index contributed by atoms with van der Waals surface area (Å²) in [7, 11) is 0. The van der Waals surface area contributed by atoms with E-state index in [-0.39, 0.29) is 23.6 Å². The Kier molecular flexibility index (Phi) is 6.85. The molecular formula is C25H26N2O2S. The highest BCUT2D eigenvalue weighted by atomic mass is 32.1. The Hall–Kier alpha value is -3.18. The largest absolute Gasteiger partial charge is 0.344 e. The van der Waals surface area contributed by atoms with Crippen LogP contribution in [0, 0.1) is 20.8 Å². The van der Waals surface area contributed by atoms with Crippen molar-refractivity contribution < 1.29 is 9.59 Å². The van der Waals surface area contributed by atoms with Gasteiger partial charge in [-0.15, -0.1) is 11.3 Å². The van der Waals surface area contributed by atoms with E-state index < -0.39 is 0 Å². The monoisotopic (exact) mass is 418 g/mol. The van der Waals surface area contributed by atoms with Crippen molar-refractivity contribution in [2.75, 3.05) is 0 Å². The van der Waals surface area contributed by atoms with Gasteiger partial charge in [0, 0.05) is 10.4 Å². The molecule has 3 rings (SSSR count). The van der Waals surface area contributed by atoms with Crippen LogP contribution < -0.4 is 10.6 Å². The maximum absolute atomic E-state index is 13.1. The normalized spacial score (nSPS) is 12.3. The second-order valence-electron chi connectivity index (χ2n) is 7.40. The van der Waals surface area contributed by atoms with Gasteiger partial charge in [0.25, 0.3) is 11.8 Å². The van der Waals surface area contributed by atoms with Crippen molar-refractivity contribution in [1.82, 2.24) is 10.6 Å². The summed E-state index contributed by atoms with van der Waals surface area (Å²) in [5, 5.41) is 7.78. The molecule has 0 spiro atoms. The first-order valence-electron chi connectivity index (χ1n) is 9.85. The van der Waals surface area contributed by atoms with Crippen molar-refractivity contribution in [2.24, 2.45) is 0 Å². The van der Waals surface area contributed by atoms with Crippen LogP contribution in [-0.4, -0.2) is 11.8 Å². The average Bonchev–Trinajstić information content (AvgIpc) is 3.22. The van der Waals surface area contributed by atoms with Gasteiger partial charge in [0.05, 0.1) is 6.04 Å². The summed E-state index contributed by atoms with van der Waals surface area (Å²) >= 11 is 1.51. The van der Waals surface area contributed by atoms with Crippen LogP contribution in [0.15, 0.2) is 65.7 Å². The van der Waals surface area contributed by atoms with Gasteiger partial charge in [-0.05, 0) is 68.0 Å². The fraction of sp³-hybridized carbons (Fsp3) is 0.200. The predicted octanol–water partition coefficient (Wildman–Crippen LogP) is 5.32. The first-order valence-corrected chi connectivity index (χ1v) is 10.7. The molecule has 3 aromatic rings. The quantitative estimate of drug-likeness (QED) is 0.532. The second kappa shape index (κ2) is 9.55. The number of amides is 2. The molecule has 0 saturated carbocycles. The number of aryl methyl sites for hydroxylation is 3. The van der Waals surface area contributed by atoms with E-state index in [0.717, 1.165) is 27.1 Å². The van der Waals surface area contributed by atoms with E-state index in [2.05, 4.69) is 28.8 Å². The van der Waals surface area contributed by atoms with Crippen LogP contribution in [0.2, 0.25) is 0 Å². The van der Waals surface area contributed by atoms with E-state index in [9.17, 15) is 9.59 Å². The minimum atomic E-state index is -0.321. The summed E-state index contributed by atoms with van der Waals surface area (Å²) in [5.74, 6) is -0.621. The highest BCUT2D eigenvalue weighted by Crippen LogP contribution is 2.20. The summed E-state index contributed by atoms with van der Waals surface area (Å²) in [6.07, 6.45) is 1.71. The Morgan fingerprint density at radius 1 is 0.967 bits per heavy atom. The molecule has 0 aliphatic heterocycles. The zero-order valence-electron chi connectivity index (χ0n) is 17.7. The number of hydrogen-bond donors (Lipinski definition) is 2. The van der Waals surface area contributed by atoms with Crippen LogP contribution in [0.1, 0.15) is 50.5 Å². The molecule has 0 saturated heterocycles. The summed E-state index contributed by atoms with van der Waals surface area (Å²) in [5.41, 5.74) is 4.94. The molecule has 1 atom stereocenters. The first-order chi connectivity index (χ1) is 14.3. The van der Waals surface area contributed by atoms with Gasteiger partial charge in [-0.25, -0.2) is 0 Å². The zero-order chi connectivity index (χ0) is 21.7. The van der Waals surface area contributed by atoms with Gasteiger partial charge in [-0.2, -0.15) is 0 Å². The van der Waals surface area contributed by atoms with Crippen molar-refractivity contribution in [3.8, 4) is 0 Å². The fourth-order valence-corrected chi connectivity index (χ4v) is 3.93. The van der Waals surface area contributed by atoms with E-state index in [1.165, 1.54) is 11.3 Å². The van der Waals surface area contributed by atoms with Gasteiger partial charge in [0.2, 0.25) is 0 Å². The third kappa shape index (κ3) is 5.24. The molecule has 0 bridgehead atoms. The van der Waals surface area contributed by atoms with E-state index in [4.69, 9.17) is 0 Å². The van der Waals surface area contributed by atoms with Crippen molar-refractivity contribution in [1.29, 1.82) is 0 Å². The molecule has 2 amide bonds. The number of benzene rings is 2. The van der Waals surface area contributed by atoms with E-state index in [0.29, 0.717) is 5.56 Å². The SMILES string of the molecule is Cc1ccc(C)c(C(C)NC(=O)/C(=C/c2cccs2)NC(=O)c2ccccc2C)c1. The number of nitrogens with one attached hydrogen (secondary N) is 2. The van der Waals surface area contributed by atoms with Crippen LogP contribution in [-0.2, 0) is 4.79 Å². The van der Waals surface area contributed by atoms with Crippen LogP contribution in [0.3, 0.4) is 0 Å². The summed E-state index contributed by atoms with van der Waals surface area (Å²) in [4.78, 5) is 26.8. The molecule has 2 aromatic carbocycles. The maximum atomic E-state index is 13.1. The zero-order valence-corrected chi connectivity index (χ0v) is 18.5. The molecule has 4 nitrogen and oxygen atoms in total. The topological polar surface area (TPSA) is 58.2 Å². The lowest BCUT2D eigenvalue weighted by Gasteiger charge is -2.19. The molecular weight excluding hydrogens is 392 g/mol. The molecule has 5 heteroatoms. The highest BCUT2D eigenvalue weighted by molar-refractivity contribution is 7.10. The van der Waals surface area contributed by atoms with Gasteiger partial charge in [0.15, 0.2) is 0 Å². The molecule has 0 aliphatic carbocycles. The Morgan fingerprint density at radius 2 is 1.73 bits per heavy atom. The number of carbonyl (C=O) groups excluding carboxylic acids is 2. The standard InChI is InChI=1S/C25H26N2O2S/c1-16-11-12-18(3)22(14-16)19(4)26-25(29)23(15-20-9-7-13-30-20)27-24(28)21-10-6-5-8-17(21)2/h5-15,19H,1-4H3,(H,26,29)(H,27,28)/b23-15-. The van der Waals surface area contributed by atoms with Crippen LogP contribution in [0.5, 0.6) is 0 Å². The number of thiophene rings is 1. The Labute approximate surface area is 181 Å². The maximum Gasteiger partial charge on any atom is 0.268 e. The Balaban J connectivity index is 1.85. The van der Waals surface area contributed by atoms with Crippen molar-refractivity contribution in [3.05, 3.63) is 98.4 Å². The molecule has 0 aliphatic rings. The molecule has 154 valence electrons. The van der Waals surface area contributed by atoms with E-state index >= 15 is 0 Å². The first kappa shape index (κ1) is 21.5. The third-order valence-corrected chi connectivity index (χ3v) is 5.78. The Morgan fingerprint density at radius 3 is 2.43 bits per heavy atom. The van der Waals surface area contributed by atoms with Gasteiger partial charge in [-0.3, -0.25) is 9.59 Å². The summed E-state index contributed by atoms with van der Waals surface area (Å²) < 4.78 is 0. The smallest absolute Gasteiger partial charge is 0.268 e. The molecule has 0 radical (unpaired) electrons. The second-order valence-corrected chi connectivity index (χ2v) is 8.38. The molecule has 1 heterocycles. The predicted molar refractivity (Wildman–Crippen MR) is 123 cm³/mol. The minimum Gasteiger partial charge on any atom is -0.344 e. The molecule has 1 unspecified atom stereocenters. The fourth-order valence-electron chi connectivity index (χ4n) is 3.27. The summed E-state index contributed by atoms with van der Waals surface area (Å²) in [6.45, 7) is 7.88. The van der Waals surface area contributed by atoms with Gasteiger partial charge in [0.1, 0.15) is 5.70 Å². The van der Waals surface area contributed by atoms with E-state index in [1.807, 2.05) is 63.4 Å². The Bertz CT molecular complexity index is 1080. The van der Waals surface area contributed by atoms with Crippen LogP contribution in [0.4, 0.5) is 0 Å². The molecule has 30 heavy (non-hydrogen) atoms. The van der Waals surface area contributed by atoms with Crippen molar-refractivity contribution in [2.45, 2.75) is 33.7 Å². The number of hydrogen-bond acceptors (Lipinski definition) is 3. The van der Waals surface area contributed by atoms with Gasteiger partial charge < -0.3 is 10.6 Å². The lowest BCUT2D eigenvalue weighted by atomic mass is 10.00.